The molecule has 0 aliphatic heterocycles. The lowest BCUT2D eigenvalue weighted by Crippen LogP contribution is -2.25. The Bertz CT molecular complexity index is 330. The number of hydrogen-bond acceptors (Lipinski definition) is 1. The van der Waals surface area contributed by atoms with Gasteiger partial charge in [-0.1, -0.05) is 39.7 Å². The number of rotatable bonds is 5. The lowest BCUT2D eigenvalue weighted by molar-refractivity contribution is -0.120. The molecule has 0 saturated carbocycles. The molecule has 0 aliphatic carbocycles. The summed E-state index contributed by atoms with van der Waals surface area (Å²) < 4.78 is 0. The van der Waals surface area contributed by atoms with E-state index in [4.69, 9.17) is 11.6 Å². The predicted octanol–water partition coefficient (Wildman–Crippen LogP) is 2.78. The van der Waals surface area contributed by atoms with Crippen LogP contribution in [0.3, 0.4) is 0 Å². The SMILES string of the molecule is O=C(CCBr)NCCc1cccc(Cl)c1. The Morgan fingerprint density at radius 2 is 2.27 bits per heavy atom. The zero-order valence-corrected chi connectivity index (χ0v) is 10.6. The van der Waals surface area contributed by atoms with E-state index in [-0.39, 0.29) is 5.91 Å². The van der Waals surface area contributed by atoms with E-state index in [1.165, 1.54) is 0 Å². The summed E-state index contributed by atoms with van der Waals surface area (Å²) in [6.45, 7) is 0.659. The van der Waals surface area contributed by atoms with Gasteiger partial charge in [-0.2, -0.15) is 0 Å². The highest BCUT2D eigenvalue weighted by Gasteiger charge is 1.99. The summed E-state index contributed by atoms with van der Waals surface area (Å²) in [6.07, 6.45) is 1.34. The fourth-order valence-electron chi connectivity index (χ4n) is 1.21. The van der Waals surface area contributed by atoms with Gasteiger partial charge in [0.25, 0.3) is 0 Å². The molecule has 2 nitrogen and oxygen atoms in total. The summed E-state index contributed by atoms with van der Waals surface area (Å²) in [5, 5.41) is 4.28. The molecular formula is C11H13BrClNO. The van der Waals surface area contributed by atoms with Gasteiger partial charge in [0.1, 0.15) is 0 Å². The number of benzene rings is 1. The summed E-state index contributed by atoms with van der Waals surface area (Å²) in [5.74, 6) is 0.0777. The van der Waals surface area contributed by atoms with Crippen LogP contribution in [0.5, 0.6) is 0 Å². The monoisotopic (exact) mass is 289 g/mol. The average Bonchev–Trinajstić information content (AvgIpc) is 2.18. The van der Waals surface area contributed by atoms with Crippen LogP contribution in [0.25, 0.3) is 0 Å². The predicted molar refractivity (Wildman–Crippen MR) is 66.6 cm³/mol. The minimum atomic E-state index is 0.0777. The minimum Gasteiger partial charge on any atom is -0.356 e. The molecule has 1 aromatic carbocycles. The van der Waals surface area contributed by atoms with Gasteiger partial charge < -0.3 is 5.32 Å². The Labute approximate surface area is 103 Å². The quantitative estimate of drug-likeness (QED) is 0.830. The molecule has 0 fully saturated rings. The standard InChI is InChI=1S/C11H13BrClNO/c12-6-4-11(15)14-7-5-9-2-1-3-10(13)8-9/h1-3,8H,4-7H2,(H,14,15). The molecule has 1 amide bonds. The molecule has 15 heavy (non-hydrogen) atoms. The van der Waals surface area contributed by atoms with E-state index in [9.17, 15) is 4.79 Å². The smallest absolute Gasteiger partial charge is 0.220 e. The van der Waals surface area contributed by atoms with E-state index in [1.807, 2.05) is 24.3 Å². The second-order valence-corrected chi connectivity index (χ2v) is 4.40. The summed E-state index contributed by atoms with van der Waals surface area (Å²) in [6, 6.07) is 7.67. The van der Waals surface area contributed by atoms with Gasteiger partial charge in [-0.25, -0.2) is 0 Å². The maximum Gasteiger partial charge on any atom is 0.220 e. The number of halogens is 2. The summed E-state index contributed by atoms with van der Waals surface area (Å²) in [4.78, 5) is 11.1. The van der Waals surface area contributed by atoms with Gasteiger partial charge >= 0.3 is 0 Å². The van der Waals surface area contributed by atoms with Crippen molar-refractivity contribution in [3.8, 4) is 0 Å². The molecule has 0 bridgehead atoms. The minimum absolute atomic E-state index is 0.0777. The molecule has 1 rings (SSSR count). The van der Waals surface area contributed by atoms with Crippen molar-refractivity contribution >= 4 is 33.4 Å². The van der Waals surface area contributed by atoms with Gasteiger partial charge in [0, 0.05) is 23.3 Å². The van der Waals surface area contributed by atoms with Crippen LogP contribution in [-0.4, -0.2) is 17.8 Å². The van der Waals surface area contributed by atoms with Crippen LogP contribution in [0.15, 0.2) is 24.3 Å². The van der Waals surface area contributed by atoms with E-state index in [0.29, 0.717) is 18.3 Å². The van der Waals surface area contributed by atoms with Crippen molar-refractivity contribution in [2.24, 2.45) is 0 Å². The fourth-order valence-corrected chi connectivity index (χ4v) is 1.79. The van der Waals surface area contributed by atoms with Gasteiger partial charge in [0.2, 0.25) is 5.91 Å². The Morgan fingerprint density at radius 1 is 1.47 bits per heavy atom. The molecule has 0 aliphatic rings. The second kappa shape index (κ2) is 6.85. The molecule has 82 valence electrons. The molecule has 0 unspecified atom stereocenters. The second-order valence-electron chi connectivity index (χ2n) is 3.17. The Balaban J connectivity index is 2.28. The van der Waals surface area contributed by atoms with Crippen LogP contribution in [0, 0.1) is 0 Å². The maximum absolute atomic E-state index is 11.1. The van der Waals surface area contributed by atoms with Crippen molar-refractivity contribution < 1.29 is 4.79 Å². The number of nitrogens with one attached hydrogen (secondary N) is 1. The molecule has 0 aromatic heterocycles. The van der Waals surface area contributed by atoms with E-state index in [2.05, 4.69) is 21.2 Å². The molecular weight excluding hydrogens is 277 g/mol. The van der Waals surface area contributed by atoms with Gasteiger partial charge in [-0.15, -0.1) is 0 Å². The zero-order valence-electron chi connectivity index (χ0n) is 8.30. The molecule has 1 aromatic rings. The summed E-state index contributed by atoms with van der Waals surface area (Å²) >= 11 is 9.06. The highest BCUT2D eigenvalue weighted by Crippen LogP contribution is 2.10. The van der Waals surface area contributed by atoms with Gasteiger partial charge in [-0.05, 0) is 24.1 Å². The van der Waals surface area contributed by atoms with E-state index in [0.717, 1.165) is 17.0 Å². The Kier molecular flexibility index (Phi) is 5.73. The van der Waals surface area contributed by atoms with Crippen LogP contribution in [-0.2, 0) is 11.2 Å². The van der Waals surface area contributed by atoms with Crippen molar-refractivity contribution in [2.75, 3.05) is 11.9 Å². The van der Waals surface area contributed by atoms with Crippen molar-refractivity contribution in [1.82, 2.24) is 5.32 Å². The number of amides is 1. The molecule has 1 N–H and O–H groups in total. The molecule has 0 saturated heterocycles. The highest BCUT2D eigenvalue weighted by atomic mass is 79.9. The van der Waals surface area contributed by atoms with E-state index >= 15 is 0 Å². The molecule has 0 atom stereocenters. The van der Waals surface area contributed by atoms with Crippen molar-refractivity contribution in [2.45, 2.75) is 12.8 Å². The van der Waals surface area contributed by atoms with Crippen LogP contribution < -0.4 is 5.32 Å². The lowest BCUT2D eigenvalue weighted by atomic mass is 10.1. The maximum atomic E-state index is 11.1. The first-order valence-electron chi connectivity index (χ1n) is 4.79. The van der Waals surface area contributed by atoms with Crippen LogP contribution in [0.4, 0.5) is 0 Å². The third-order valence-corrected chi connectivity index (χ3v) is 2.58. The summed E-state index contributed by atoms with van der Waals surface area (Å²) in [7, 11) is 0. The number of carbonyl (C=O) groups excluding carboxylic acids is 1. The average molecular weight is 291 g/mol. The first-order valence-corrected chi connectivity index (χ1v) is 6.29. The molecule has 0 spiro atoms. The first-order chi connectivity index (χ1) is 7.22. The van der Waals surface area contributed by atoms with Gasteiger partial charge in [0.15, 0.2) is 0 Å². The largest absolute Gasteiger partial charge is 0.356 e. The van der Waals surface area contributed by atoms with Crippen LogP contribution in [0.1, 0.15) is 12.0 Å². The Morgan fingerprint density at radius 3 is 2.93 bits per heavy atom. The number of hydrogen-bond donors (Lipinski definition) is 1. The normalized spacial score (nSPS) is 10.0. The van der Waals surface area contributed by atoms with Crippen molar-refractivity contribution in [3.63, 3.8) is 0 Å². The number of alkyl halides is 1. The zero-order chi connectivity index (χ0) is 11.1. The molecule has 4 heteroatoms. The van der Waals surface area contributed by atoms with E-state index < -0.39 is 0 Å². The third kappa shape index (κ3) is 5.19. The van der Waals surface area contributed by atoms with Gasteiger partial charge in [0.05, 0.1) is 0 Å². The van der Waals surface area contributed by atoms with Gasteiger partial charge in [-0.3, -0.25) is 4.79 Å². The van der Waals surface area contributed by atoms with E-state index in [1.54, 1.807) is 0 Å². The topological polar surface area (TPSA) is 29.1 Å². The Hall–Kier alpha value is -0.540. The van der Waals surface area contributed by atoms with Crippen LogP contribution in [0.2, 0.25) is 5.02 Å². The van der Waals surface area contributed by atoms with Crippen molar-refractivity contribution in [3.05, 3.63) is 34.9 Å². The highest BCUT2D eigenvalue weighted by molar-refractivity contribution is 9.09. The van der Waals surface area contributed by atoms with Crippen LogP contribution >= 0.6 is 27.5 Å². The summed E-state index contributed by atoms with van der Waals surface area (Å²) in [5.41, 5.74) is 1.14. The lowest BCUT2D eigenvalue weighted by Gasteiger charge is -2.04. The van der Waals surface area contributed by atoms with Crippen molar-refractivity contribution in [1.29, 1.82) is 0 Å². The molecule has 0 radical (unpaired) electrons. The molecule has 0 heterocycles. The first kappa shape index (κ1) is 12.5. The third-order valence-electron chi connectivity index (χ3n) is 1.95. The number of carbonyl (C=O) groups is 1. The fraction of sp³-hybridized carbons (Fsp3) is 0.364.